The van der Waals surface area contributed by atoms with E-state index in [-0.39, 0.29) is 11.3 Å². The van der Waals surface area contributed by atoms with Crippen LogP contribution in [0.1, 0.15) is 39.1 Å². The second kappa shape index (κ2) is 8.01. The van der Waals surface area contributed by atoms with Gasteiger partial charge in [0.1, 0.15) is 10.7 Å². The molecule has 3 heterocycles. The van der Waals surface area contributed by atoms with Gasteiger partial charge in [-0.3, -0.25) is 14.5 Å². The number of fused-ring (bicyclic) bond motifs is 1. The lowest BCUT2D eigenvalue weighted by molar-refractivity contribution is 0.101. The Hall–Kier alpha value is -3.02. The van der Waals surface area contributed by atoms with E-state index in [0.717, 1.165) is 47.1 Å². The number of nitriles is 1. The van der Waals surface area contributed by atoms with Crippen LogP contribution in [0.25, 0.3) is 10.2 Å². The summed E-state index contributed by atoms with van der Waals surface area (Å²) in [7, 11) is 0. The maximum atomic E-state index is 12.5. The number of nitrogens with zero attached hydrogens (tertiary/aromatic N) is 4. The number of rotatable bonds is 4. The van der Waals surface area contributed by atoms with Gasteiger partial charge in [0.15, 0.2) is 5.78 Å². The van der Waals surface area contributed by atoms with E-state index in [0.29, 0.717) is 28.9 Å². The number of hydrogen-bond acceptors (Lipinski definition) is 7. The van der Waals surface area contributed by atoms with Crippen molar-refractivity contribution in [2.75, 3.05) is 31.1 Å². The monoisotopic (exact) mass is 421 g/mol. The number of piperazine rings is 1. The highest BCUT2D eigenvalue weighted by Gasteiger charge is 2.22. The van der Waals surface area contributed by atoms with Crippen LogP contribution in [0.4, 0.5) is 5.69 Å². The fourth-order valence-electron chi connectivity index (χ4n) is 3.89. The van der Waals surface area contributed by atoms with Crippen molar-refractivity contribution in [1.82, 2.24) is 14.9 Å². The van der Waals surface area contributed by atoms with Gasteiger partial charge in [-0.25, -0.2) is 4.98 Å². The molecule has 30 heavy (non-hydrogen) atoms. The predicted octanol–water partition coefficient (Wildman–Crippen LogP) is 3.00. The third kappa shape index (κ3) is 3.74. The molecule has 0 aliphatic carbocycles. The number of benzene rings is 1. The zero-order valence-electron chi connectivity index (χ0n) is 17.3. The van der Waals surface area contributed by atoms with Crippen molar-refractivity contribution in [1.29, 1.82) is 5.26 Å². The Balaban J connectivity index is 1.50. The summed E-state index contributed by atoms with van der Waals surface area (Å²) in [6, 6.07) is 7.36. The van der Waals surface area contributed by atoms with Crippen LogP contribution in [0.2, 0.25) is 0 Å². The fraction of sp³-hybridized carbons (Fsp3) is 0.364. The summed E-state index contributed by atoms with van der Waals surface area (Å²) >= 11 is 1.56. The highest BCUT2D eigenvalue weighted by atomic mass is 32.1. The van der Waals surface area contributed by atoms with E-state index < -0.39 is 0 Å². The number of thiophene rings is 1. The number of Topliss-reactive ketones (excluding diaryl/α,β-unsaturated/α-hetero) is 1. The van der Waals surface area contributed by atoms with Gasteiger partial charge < -0.3 is 9.88 Å². The average molecular weight is 422 g/mol. The predicted molar refractivity (Wildman–Crippen MR) is 118 cm³/mol. The first-order valence-electron chi connectivity index (χ1n) is 9.88. The van der Waals surface area contributed by atoms with E-state index in [1.807, 2.05) is 13.8 Å². The molecule has 0 spiro atoms. The molecule has 1 saturated heterocycles. The van der Waals surface area contributed by atoms with Crippen LogP contribution >= 0.6 is 11.3 Å². The van der Waals surface area contributed by atoms with Crippen LogP contribution < -0.4 is 10.5 Å². The van der Waals surface area contributed by atoms with E-state index in [1.165, 1.54) is 0 Å². The molecule has 0 unspecified atom stereocenters. The van der Waals surface area contributed by atoms with E-state index in [2.05, 4.69) is 25.8 Å². The molecular weight excluding hydrogens is 398 g/mol. The van der Waals surface area contributed by atoms with Crippen molar-refractivity contribution in [2.45, 2.75) is 27.3 Å². The second-order valence-electron chi connectivity index (χ2n) is 7.64. The molecule has 0 radical (unpaired) electrons. The van der Waals surface area contributed by atoms with Gasteiger partial charge in [-0.15, -0.1) is 11.3 Å². The Kier molecular flexibility index (Phi) is 5.41. The van der Waals surface area contributed by atoms with Crippen molar-refractivity contribution < 1.29 is 4.79 Å². The van der Waals surface area contributed by atoms with Gasteiger partial charge in [0.25, 0.3) is 5.56 Å². The van der Waals surface area contributed by atoms with Crippen LogP contribution in [0.3, 0.4) is 0 Å². The highest BCUT2D eigenvalue weighted by molar-refractivity contribution is 7.18. The molecule has 1 aliphatic rings. The summed E-state index contributed by atoms with van der Waals surface area (Å²) in [6.45, 7) is 9.12. The molecule has 0 bridgehead atoms. The van der Waals surface area contributed by atoms with E-state index >= 15 is 0 Å². The number of H-pyrrole nitrogens is 1. The summed E-state index contributed by atoms with van der Waals surface area (Å²) in [6.07, 6.45) is 0. The van der Waals surface area contributed by atoms with Gasteiger partial charge in [0.2, 0.25) is 0 Å². The normalized spacial score (nSPS) is 14.8. The zero-order chi connectivity index (χ0) is 21.4. The minimum absolute atomic E-state index is 0.00599. The molecule has 0 amide bonds. The van der Waals surface area contributed by atoms with Gasteiger partial charge >= 0.3 is 0 Å². The summed E-state index contributed by atoms with van der Waals surface area (Å²) in [5.41, 5.74) is 2.94. The van der Waals surface area contributed by atoms with Crippen molar-refractivity contribution in [3.8, 4) is 6.07 Å². The maximum absolute atomic E-state index is 12.5. The first-order valence-corrected chi connectivity index (χ1v) is 10.7. The average Bonchev–Trinajstić information content (AvgIpc) is 3.02. The van der Waals surface area contributed by atoms with Crippen LogP contribution in [-0.4, -0.2) is 46.8 Å². The van der Waals surface area contributed by atoms with E-state index in [4.69, 9.17) is 0 Å². The number of anilines is 1. The zero-order valence-corrected chi connectivity index (χ0v) is 18.1. The topological polar surface area (TPSA) is 93.1 Å². The van der Waals surface area contributed by atoms with Crippen molar-refractivity contribution in [3.63, 3.8) is 0 Å². The molecule has 4 rings (SSSR count). The summed E-state index contributed by atoms with van der Waals surface area (Å²) < 4.78 is 0. The van der Waals surface area contributed by atoms with Gasteiger partial charge in [0.05, 0.1) is 23.6 Å². The standard InChI is InChI=1S/C22H23N5O2S/c1-13-15(3)30-22-20(13)21(29)24-19(25-22)12-26-6-8-27(9-7-26)18-10-16(11-23)4-5-17(18)14(2)28/h4-5,10H,6-9,12H2,1-3H3,(H,24,25,29). The molecule has 8 heteroatoms. The summed E-state index contributed by atoms with van der Waals surface area (Å²) in [5.74, 6) is 0.673. The Labute approximate surface area is 178 Å². The Morgan fingerprint density at radius 1 is 1.27 bits per heavy atom. The van der Waals surface area contributed by atoms with Gasteiger partial charge in [-0.05, 0) is 44.5 Å². The van der Waals surface area contributed by atoms with Gasteiger partial charge in [-0.2, -0.15) is 5.26 Å². The highest BCUT2D eigenvalue weighted by Crippen LogP contribution is 2.27. The van der Waals surface area contributed by atoms with Gasteiger partial charge in [-0.1, -0.05) is 0 Å². The number of aryl methyl sites for hydroxylation is 2. The largest absolute Gasteiger partial charge is 0.368 e. The van der Waals surface area contributed by atoms with Crippen LogP contribution in [0.15, 0.2) is 23.0 Å². The fourth-order valence-corrected chi connectivity index (χ4v) is 4.94. The lowest BCUT2D eigenvalue weighted by atomic mass is 10.0. The Morgan fingerprint density at radius 2 is 2.00 bits per heavy atom. The summed E-state index contributed by atoms with van der Waals surface area (Å²) in [4.78, 5) is 38.4. The van der Waals surface area contributed by atoms with Gasteiger partial charge in [0, 0.05) is 42.3 Å². The molecule has 2 aromatic heterocycles. The molecule has 7 nitrogen and oxygen atoms in total. The number of hydrogen-bond donors (Lipinski definition) is 1. The van der Waals surface area contributed by atoms with Crippen LogP contribution in [0.5, 0.6) is 0 Å². The smallest absolute Gasteiger partial charge is 0.259 e. The number of aromatic nitrogens is 2. The molecule has 1 N–H and O–H groups in total. The molecule has 3 aromatic rings. The van der Waals surface area contributed by atoms with Crippen LogP contribution in [-0.2, 0) is 6.54 Å². The van der Waals surface area contributed by atoms with Crippen molar-refractivity contribution in [3.05, 3.63) is 55.9 Å². The lowest BCUT2D eigenvalue weighted by Crippen LogP contribution is -2.46. The molecule has 0 atom stereocenters. The number of aromatic amines is 1. The van der Waals surface area contributed by atoms with Crippen LogP contribution in [0, 0.1) is 25.2 Å². The number of carbonyl (C=O) groups is 1. The molecule has 1 fully saturated rings. The molecule has 154 valence electrons. The third-order valence-corrected chi connectivity index (χ3v) is 6.78. The van der Waals surface area contributed by atoms with Crippen molar-refractivity contribution in [2.24, 2.45) is 0 Å². The van der Waals surface area contributed by atoms with E-state index in [9.17, 15) is 14.9 Å². The molecule has 0 saturated carbocycles. The first-order chi connectivity index (χ1) is 14.4. The number of carbonyl (C=O) groups excluding carboxylic acids is 1. The third-order valence-electron chi connectivity index (χ3n) is 5.68. The Morgan fingerprint density at radius 3 is 2.67 bits per heavy atom. The minimum atomic E-state index is -0.0742. The lowest BCUT2D eigenvalue weighted by Gasteiger charge is -2.36. The molecular formula is C22H23N5O2S. The van der Waals surface area contributed by atoms with E-state index in [1.54, 1.807) is 36.5 Å². The molecule has 1 aliphatic heterocycles. The quantitative estimate of drug-likeness (QED) is 0.651. The summed E-state index contributed by atoms with van der Waals surface area (Å²) in [5, 5.41) is 9.91. The van der Waals surface area contributed by atoms with Crippen molar-refractivity contribution >= 4 is 33.0 Å². The first kappa shape index (κ1) is 20.3. The minimum Gasteiger partial charge on any atom is -0.368 e. The number of nitrogens with one attached hydrogen (secondary N) is 1. The Bertz CT molecular complexity index is 1230. The number of ketones is 1. The maximum Gasteiger partial charge on any atom is 0.259 e. The molecule has 1 aromatic carbocycles. The second-order valence-corrected chi connectivity index (χ2v) is 8.84. The SMILES string of the molecule is CC(=O)c1ccc(C#N)cc1N1CCN(Cc2nc3sc(C)c(C)c3c(=O)[nH]2)CC1.